The fourth-order valence-electron chi connectivity index (χ4n) is 3.67. The van der Waals surface area contributed by atoms with Gasteiger partial charge in [0, 0.05) is 31.6 Å². The predicted molar refractivity (Wildman–Crippen MR) is 122 cm³/mol. The van der Waals surface area contributed by atoms with Crippen LogP contribution in [0.5, 0.6) is 0 Å². The molecule has 0 unspecified atom stereocenters. The van der Waals surface area contributed by atoms with Gasteiger partial charge in [0.25, 0.3) is 0 Å². The molecule has 234 valence electrons. The average molecular weight is 617 g/mol. The summed E-state index contributed by atoms with van der Waals surface area (Å²) in [4.78, 5) is 33.8. The van der Waals surface area contributed by atoms with Crippen molar-refractivity contribution < 1.29 is 71.4 Å². The molecule has 0 saturated heterocycles. The van der Waals surface area contributed by atoms with E-state index >= 15 is 0 Å². The van der Waals surface area contributed by atoms with Gasteiger partial charge in [-0.25, -0.2) is 22.8 Å². The number of halogens is 6. The Balaban J connectivity index is 0.000000374. The second-order valence-electron chi connectivity index (χ2n) is 8.98. The fraction of sp³-hybridized carbons (Fsp3) is 0.500. The number of hydrogen-bond acceptors (Lipinski definition) is 10. The summed E-state index contributed by atoms with van der Waals surface area (Å²) in [5.41, 5.74) is 5.64. The SMILES string of the molecule is N[C@@H](CC(=O)N1CCn2c(nnc2C(F)(F)F)C1)Cc1cc(F)c(F)cc1F.O=C(O)[C@@H](O)[C@H](O)[C@H](O)[C@@H](O)C(=O)O. The standard InChI is InChI=1S/C16H15F6N5O.C6H10O8/c17-10-6-12(19)11(18)4-8(10)3-9(23)5-14(28)26-1-2-27-13(7-26)24-25-15(27)16(20,21)22;7-1(3(9)5(11)12)2(8)4(10)6(13)14/h4,6,9H,1-3,5,7,23H2;1-4,7-10H,(H,11,12)(H,13,14)/t9-;1-,2+,3+,4-/m1./s1. The lowest BCUT2D eigenvalue weighted by atomic mass is 10.0. The first-order chi connectivity index (χ1) is 19.3. The lowest BCUT2D eigenvalue weighted by Gasteiger charge is -2.29. The summed E-state index contributed by atoms with van der Waals surface area (Å²) in [6.07, 6.45) is -14.4. The van der Waals surface area contributed by atoms with Crippen LogP contribution in [0.15, 0.2) is 12.1 Å². The van der Waals surface area contributed by atoms with Crippen LogP contribution in [0.4, 0.5) is 26.3 Å². The number of aromatic nitrogens is 3. The van der Waals surface area contributed by atoms with Crippen molar-refractivity contribution >= 4 is 17.8 Å². The quantitative estimate of drug-likeness (QED) is 0.127. The van der Waals surface area contributed by atoms with E-state index < -0.39 is 77.8 Å². The zero-order chi connectivity index (χ0) is 32.1. The summed E-state index contributed by atoms with van der Waals surface area (Å²) < 4.78 is 79.3. The fourth-order valence-corrected chi connectivity index (χ4v) is 3.67. The van der Waals surface area contributed by atoms with Crippen molar-refractivity contribution in [1.82, 2.24) is 19.7 Å². The monoisotopic (exact) mass is 617 g/mol. The summed E-state index contributed by atoms with van der Waals surface area (Å²) in [7, 11) is 0. The molecule has 0 aliphatic carbocycles. The normalized spacial score (nSPS) is 16.8. The number of carboxylic acid groups (broad SMARTS) is 2. The first kappa shape index (κ1) is 34.4. The summed E-state index contributed by atoms with van der Waals surface area (Å²) in [5, 5.41) is 58.0. The molecule has 8 N–H and O–H groups in total. The van der Waals surface area contributed by atoms with Gasteiger partial charge < -0.3 is 45.8 Å². The molecule has 3 rings (SSSR count). The van der Waals surface area contributed by atoms with Gasteiger partial charge in [-0.2, -0.15) is 13.2 Å². The van der Waals surface area contributed by atoms with Crippen LogP contribution in [-0.4, -0.2) is 105 Å². The van der Waals surface area contributed by atoms with Gasteiger partial charge in [0.05, 0.1) is 6.54 Å². The molecule has 1 amide bonds. The van der Waals surface area contributed by atoms with Crippen LogP contribution in [0.25, 0.3) is 0 Å². The minimum Gasteiger partial charge on any atom is -0.479 e. The molecule has 2 heterocycles. The molecule has 1 aliphatic rings. The Morgan fingerprint density at radius 3 is 1.90 bits per heavy atom. The van der Waals surface area contributed by atoms with E-state index in [1.54, 1.807) is 0 Å². The Kier molecular flexibility index (Phi) is 11.3. The number of aliphatic hydroxyl groups excluding tert-OH is 4. The van der Waals surface area contributed by atoms with Crippen LogP contribution in [-0.2, 0) is 40.1 Å². The molecule has 42 heavy (non-hydrogen) atoms. The summed E-state index contributed by atoms with van der Waals surface area (Å²) in [6.45, 7) is -0.302. The highest BCUT2D eigenvalue weighted by atomic mass is 19.4. The highest BCUT2D eigenvalue weighted by molar-refractivity contribution is 5.77. The molecular weight excluding hydrogens is 592 g/mol. The number of carbonyl (C=O) groups is 3. The highest BCUT2D eigenvalue weighted by Gasteiger charge is 2.40. The van der Waals surface area contributed by atoms with Crippen molar-refractivity contribution in [2.24, 2.45) is 5.73 Å². The molecule has 14 nitrogen and oxygen atoms in total. The molecular formula is C22H25F6N5O9. The Morgan fingerprint density at radius 1 is 0.881 bits per heavy atom. The molecule has 1 aliphatic heterocycles. The van der Waals surface area contributed by atoms with E-state index in [0.717, 1.165) is 4.57 Å². The molecule has 20 heteroatoms. The maximum Gasteiger partial charge on any atom is 0.451 e. The number of nitrogens with two attached hydrogens (primary N) is 1. The molecule has 2 aromatic rings. The lowest BCUT2D eigenvalue weighted by Crippen LogP contribution is -2.49. The number of rotatable bonds is 9. The maximum atomic E-state index is 13.7. The Labute approximate surface area is 231 Å². The van der Waals surface area contributed by atoms with E-state index in [-0.39, 0.29) is 43.9 Å². The van der Waals surface area contributed by atoms with Crippen molar-refractivity contribution in [2.75, 3.05) is 6.54 Å². The molecule has 0 spiro atoms. The van der Waals surface area contributed by atoms with Gasteiger partial charge in [-0.3, -0.25) is 4.79 Å². The van der Waals surface area contributed by atoms with Gasteiger partial charge in [0.1, 0.15) is 18.0 Å². The van der Waals surface area contributed by atoms with Crippen molar-refractivity contribution in [3.05, 3.63) is 46.8 Å². The number of benzene rings is 1. The second kappa shape index (κ2) is 13.9. The number of aliphatic carboxylic acids is 2. The highest BCUT2D eigenvalue weighted by Crippen LogP contribution is 2.29. The molecule has 1 aromatic carbocycles. The first-order valence-corrected chi connectivity index (χ1v) is 11.7. The number of amides is 1. The summed E-state index contributed by atoms with van der Waals surface area (Å²) in [5.74, 6) is -8.83. The third-order valence-electron chi connectivity index (χ3n) is 5.87. The van der Waals surface area contributed by atoms with Gasteiger partial charge in [-0.1, -0.05) is 0 Å². The predicted octanol–water partition coefficient (Wildman–Crippen LogP) is -1.38. The van der Waals surface area contributed by atoms with E-state index in [1.807, 2.05) is 0 Å². The summed E-state index contributed by atoms with van der Waals surface area (Å²) >= 11 is 0. The Hall–Kier alpha value is -3.85. The number of nitrogens with zero attached hydrogens (tertiary/aromatic N) is 4. The maximum absolute atomic E-state index is 13.7. The topological polar surface area (TPSA) is 233 Å². The van der Waals surface area contributed by atoms with Crippen LogP contribution in [0.2, 0.25) is 0 Å². The molecule has 1 aromatic heterocycles. The smallest absolute Gasteiger partial charge is 0.451 e. The van der Waals surface area contributed by atoms with Gasteiger partial charge in [-0.15, -0.1) is 10.2 Å². The van der Waals surface area contributed by atoms with Crippen LogP contribution >= 0.6 is 0 Å². The van der Waals surface area contributed by atoms with E-state index in [9.17, 15) is 40.7 Å². The van der Waals surface area contributed by atoms with Gasteiger partial charge in [0.2, 0.25) is 11.7 Å². The van der Waals surface area contributed by atoms with Crippen molar-refractivity contribution in [3.8, 4) is 0 Å². The van der Waals surface area contributed by atoms with E-state index in [1.165, 1.54) is 4.90 Å². The molecule has 5 atom stereocenters. The van der Waals surface area contributed by atoms with Crippen LogP contribution in [0, 0.1) is 17.5 Å². The van der Waals surface area contributed by atoms with Gasteiger partial charge >= 0.3 is 18.1 Å². The number of carbonyl (C=O) groups excluding carboxylic acids is 1. The first-order valence-electron chi connectivity index (χ1n) is 11.7. The lowest BCUT2D eigenvalue weighted by molar-refractivity contribution is -0.172. The number of fused-ring (bicyclic) bond motifs is 1. The molecule has 0 saturated carbocycles. The van der Waals surface area contributed by atoms with Gasteiger partial charge in [-0.05, 0) is 18.1 Å². The average Bonchev–Trinajstić information content (AvgIpc) is 3.34. The van der Waals surface area contributed by atoms with Crippen molar-refractivity contribution in [1.29, 1.82) is 0 Å². The molecule has 0 bridgehead atoms. The van der Waals surface area contributed by atoms with E-state index in [2.05, 4.69) is 10.2 Å². The van der Waals surface area contributed by atoms with Crippen molar-refractivity contribution in [3.63, 3.8) is 0 Å². The second-order valence-corrected chi connectivity index (χ2v) is 8.98. The largest absolute Gasteiger partial charge is 0.479 e. The number of hydrogen-bond donors (Lipinski definition) is 7. The van der Waals surface area contributed by atoms with Crippen LogP contribution in [0.3, 0.4) is 0 Å². The summed E-state index contributed by atoms with van der Waals surface area (Å²) in [6, 6.07) is 0.184. The van der Waals surface area contributed by atoms with Crippen LogP contribution < -0.4 is 5.73 Å². The zero-order valence-corrected chi connectivity index (χ0v) is 21.1. The zero-order valence-electron chi connectivity index (χ0n) is 21.1. The Bertz CT molecular complexity index is 1270. The number of aliphatic hydroxyl groups is 4. The van der Waals surface area contributed by atoms with Crippen LogP contribution in [0.1, 0.15) is 23.6 Å². The minimum absolute atomic E-state index is 0.000783. The van der Waals surface area contributed by atoms with E-state index in [4.69, 9.17) is 36.4 Å². The minimum atomic E-state index is -4.64. The Morgan fingerprint density at radius 2 is 1.40 bits per heavy atom. The third kappa shape index (κ3) is 8.58. The van der Waals surface area contributed by atoms with E-state index in [0.29, 0.717) is 12.1 Å². The van der Waals surface area contributed by atoms with Crippen molar-refractivity contribution in [2.45, 2.75) is 62.6 Å². The molecule has 0 radical (unpaired) electrons. The number of alkyl halides is 3. The van der Waals surface area contributed by atoms with Gasteiger partial charge in [0.15, 0.2) is 29.7 Å². The number of carboxylic acids is 2. The third-order valence-corrected chi connectivity index (χ3v) is 5.87. The molecule has 0 fully saturated rings.